The fourth-order valence-electron chi connectivity index (χ4n) is 4.96. The van der Waals surface area contributed by atoms with Gasteiger partial charge < -0.3 is 20.1 Å². The molecule has 3 N–H and O–H groups in total. The summed E-state index contributed by atoms with van der Waals surface area (Å²) >= 11 is 0. The number of nitrogens with one attached hydrogen (secondary N) is 3. The van der Waals surface area contributed by atoms with E-state index in [1.807, 2.05) is 26.8 Å². The van der Waals surface area contributed by atoms with Crippen LogP contribution in [0.3, 0.4) is 0 Å². The highest BCUT2D eigenvalue weighted by atomic mass is 19.1. The number of H-pyrrole nitrogens is 2. The van der Waals surface area contributed by atoms with Gasteiger partial charge in [-0.05, 0) is 24.6 Å². The zero-order valence-corrected chi connectivity index (χ0v) is 22.9. The Bertz CT molecular complexity index is 1710. The maximum Gasteiger partial charge on any atom is 0.224 e. The van der Waals surface area contributed by atoms with E-state index in [0.717, 1.165) is 43.0 Å². The van der Waals surface area contributed by atoms with Gasteiger partial charge >= 0.3 is 0 Å². The molecule has 0 saturated carbocycles. The Morgan fingerprint density at radius 2 is 1.88 bits per heavy atom. The van der Waals surface area contributed by atoms with E-state index >= 15 is 4.39 Å². The average molecular weight is 543 g/mol. The van der Waals surface area contributed by atoms with Gasteiger partial charge in [0.2, 0.25) is 5.91 Å². The van der Waals surface area contributed by atoms with E-state index in [-0.39, 0.29) is 22.4 Å². The highest BCUT2D eigenvalue weighted by Gasteiger charge is 2.24. The Kier molecular flexibility index (Phi) is 6.41. The molecule has 6 heterocycles. The number of amides is 1. The number of nitrogens with zero attached hydrogens (tertiary/aromatic N) is 7. The van der Waals surface area contributed by atoms with Crippen LogP contribution in [0.4, 0.5) is 15.9 Å². The summed E-state index contributed by atoms with van der Waals surface area (Å²) in [6.45, 7) is 9.55. The van der Waals surface area contributed by atoms with Gasteiger partial charge in [0.05, 0.1) is 34.5 Å². The molecule has 0 spiro atoms. The van der Waals surface area contributed by atoms with Crippen molar-refractivity contribution in [3.05, 3.63) is 42.7 Å². The van der Waals surface area contributed by atoms with Crippen LogP contribution in [0, 0.1) is 11.2 Å². The summed E-state index contributed by atoms with van der Waals surface area (Å²) < 4.78 is 16.1. The summed E-state index contributed by atoms with van der Waals surface area (Å²) in [5, 5.41) is 10.4. The van der Waals surface area contributed by atoms with Crippen LogP contribution in [0.25, 0.3) is 44.7 Å². The van der Waals surface area contributed by atoms with Crippen LogP contribution in [0.15, 0.2) is 36.9 Å². The number of fused-ring (bicyclic) bond motifs is 2. The smallest absolute Gasteiger partial charge is 0.224 e. The Morgan fingerprint density at radius 3 is 2.65 bits per heavy atom. The van der Waals surface area contributed by atoms with Gasteiger partial charge in [0, 0.05) is 50.6 Å². The number of halogens is 1. The van der Waals surface area contributed by atoms with Crippen LogP contribution in [0.1, 0.15) is 27.2 Å². The predicted octanol–water partition coefficient (Wildman–Crippen LogP) is 4.22. The largest absolute Gasteiger partial charge is 0.352 e. The standard InChI is InChI=1S/C28H31FN10O/c1-28(2,3)12-20(40)33-17-11-16(13-30-14-17)23-22(29)21-19(15-32-23)36-37-25(21)26-34-18-5-6-31-27(24(18)35-26)39-9-7-38(4)8-10-39/h5-6,11,13-15H,7-10,12H2,1-4H3,(H,33,40)(H,34,35)(H,36,37). The van der Waals surface area contributed by atoms with Crippen LogP contribution in [-0.4, -0.2) is 79.2 Å². The Labute approximate surface area is 230 Å². The van der Waals surface area contributed by atoms with Gasteiger partial charge in [0.1, 0.15) is 16.9 Å². The molecule has 0 unspecified atom stereocenters. The quantitative estimate of drug-likeness (QED) is 0.301. The van der Waals surface area contributed by atoms with Gasteiger partial charge in [-0.15, -0.1) is 0 Å². The number of hydrogen-bond donors (Lipinski definition) is 3. The maximum atomic E-state index is 16.1. The van der Waals surface area contributed by atoms with E-state index in [0.29, 0.717) is 34.7 Å². The lowest BCUT2D eigenvalue weighted by molar-refractivity contribution is -0.117. The molecule has 1 saturated heterocycles. The fourth-order valence-corrected chi connectivity index (χ4v) is 4.96. The summed E-state index contributed by atoms with van der Waals surface area (Å²) in [5.74, 6) is 0.538. The molecule has 1 amide bonds. The second kappa shape index (κ2) is 9.94. The zero-order chi connectivity index (χ0) is 28.0. The maximum absolute atomic E-state index is 16.1. The molecule has 206 valence electrons. The number of anilines is 2. The predicted molar refractivity (Wildman–Crippen MR) is 152 cm³/mol. The molecule has 0 atom stereocenters. The molecule has 40 heavy (non-hydrogen) atoms. The monoisotopic (exact) mass is 542 g/mol. The van der Waals surface area contributed by atoms with Crippen molar-refractivity contribution in [1.29, 1.82) is 0 Å². The van der Waals surface area contributed by atoms with E-state index in [2.05, 4.69) is 52.3 Å². The molecule has 5 aromatic heterocycles. The highest BCUT2D eigenvalue weighted by molar-refractivity contribution is 5.97. The Balaban J connectivity index is 1.36. The molecule has 0 aliphatic carbocycles. The molecule has 0 bridgehead atoms. The van der Waals surface area contributed by atoms with Crippen LogP contribution in [0.5, 0.6) is 0 Å². The molecule has 1 fully saturated rings. The van der Waals surface area contributed by atoms with E-state index in [1.54, 1.807) is 12.3 Å². The SMILES string of the molecule is CN1CCN(c2nccc3[nH]c(-c4n[nH]c5cnc(-c6cncc(NC(=O)CC(C)(C)C)c6)c(F)c45)nc23)CC1. The molecule has 0 aromatic carbocycles. The number of hydrogen-bond acceptors (Lipinski definition) is 8. The number of piperazine rings is 1. The normalized spacial score (nSPS) is 14.8. The first-order valence-electron chi connectivity index (χ1n) is 13.2. The molecule has 12 heteroatoms. The van der Waals surface area contributed by atoms with Crippen LogP contribution >= 0.6 is 0 Å². The number of carbonyl (C=O) groups excluding carboxylic acids is 1. The third-order valence-electron chi connectivity index (χ3n) is 6.94. The molecule has 1 aliphatic rings. The molecule has 6 rings (SSSR count). The first-order chi connectivity index (χ1) is 19.2. The summed E-state index contributed by atoms with van der Waals surface area (Å²) in [5.41, 5.74) is 3.15. The van der Waals surface area contributed by atoms with Gasteiger partial charge in [-0.1, -0.05) is 20.8 Å². The van der Waals surface area contributed by atoms with Gasteiger partial charge in [0.15, 0.2) is 17.5 Å². The molecule has 0 radical (unpaired) electrons. The molecule has 1 aliphatic heterocycles. The van der Waals surface area contributed by atoms with Crippen molar-refractivity contribution in [3.63, 3.8) is 0 Å². The summed E-state index contributed by atoms with van der Waals surface area (Å²) in [7, 11) is 2.10. The van der Waals surface area contributed by atoms with Gasteiger partial charge in [-0.25, -0.2) is 14.4 Å². The van der Waals surface area contributed by atoms with Crippen LogP contribution in [-0.2, 0) is 4.79 Å². The third kappa shape index (κ3) is 4.97. The summed E-state index contributed by atoms with van der Waals surface area (Å²) in [6.07, 6.45) is 6.69. The topological polar surface area (TPSA) is 132 Å². The minimum Gasteiger partial charge on any atom is -0.352 e. The van der Waals surface area contributed by atoms with Crippen LogP contribution < -0.4 is 10.2 Å². The Hall–Kier alpha value is -4.45. The van der Waals surface area contributed by atoms with E-state index in [9.17, 15) is 4.79 Å². The van der Waals surface area contributed by atoms with Gasteiger partial charge in [0.25, 0.3) is 0 Å². The lowest BCUT2D eigenvalue weighted by Gasteiger charge is -2.33. The van der Waals surface area contributed by atoms with Crippen molar-refractivity contribution >= 4 is 39.3 Å². The Morgan fingerprint density at radius 1 is 1.07 bits per heavy atom. The summed E-state index contributed by atoms with van der Waals surface area (Å²) in [6, 6.07) is 3.52. The lowest BCUT2D eigenvalue weighted by Crippen LogP contribution is -2.44. The number of likely N-dealkylation sites (N-methyl/N-ethyl adjacent to an activating group) is 1. The molecular weight excluding hydrogens is 511 g/mol. The second-order valence-electron chi connectivity index (χ2n) is 11.4. The highest BCUT2D eigenvalue weighted by Crippen LogP contribution is 2.34. The molecule has 5 aromatic rings. The van der Waals surface area contributed by atoms with Crippen molar-refractivity contribution in [2.45, 2.75) is 27.2 Å². The van der Waals surface area contributed by atoms with E-state index in [4.69, 9.17) is 4.98 Å². The van der Waals surface area contributed by atoms with E-state index in [1.165, 1.54) is 18.6 Å². The number of rotatable bonds is 5. The minimum atomic E-state index is -0.556. The number of carbonyl (C=O) groups is 1. The first-order valence-corrected chi connectivity index (χ1v) is 13.2. The van der Waals surface area contributed by atoms with Crippen LogP contribution in [0.2, 0.25) is 0 Å². The summed E-state index contributed by atoms with van der Waals surface area (Å²) in [4.78, 5) is 38.2. The van der Waals surface area contributed by atoms with Crippen molar-refractivity contribution in [2.75, 3.05) is 43.4 Å². The number of pyridine rings is 3. The number of aromatic nitrogens is 7. The number of aromatic amines is 2. The van der Waals surface area contributed by atoms with Crippen molar-refractivity contribution in [2.24, 2.45) is 5.41 Å². The first kappa shape index (κ1) is 25.8. The minimum absolute atomic E-state index is 0.102. The second-order valence-corrected chi connectivity index (χ2v) is 11.4. The molecule has 11 nitrogen and oxygen atoms in total. The van der Waals surface area contributed by atoms with Crippen molar-refractivity contribution in [3.8, 4) is 22.8 Å². The van der Waals surface area contributed by atoms with Gasteiger partial charge in [-0.2, -0.15) is 5.10 Å². The van der Waals surface area contributed by atoms with Gasteiger partial charge in [-0.3, -0.25) is 19.9 Å². The van der Waals surface area contributed by atoms with E-state index < -0.39 is 5.82 Å². The zero-order valence-electron chi connectivity index (χ0n) is 22.9. The average Bonchev–Trinajstić information content (AvgIpc) is 3.53. The van der Waals surface area contributed by atoms with Crippen molar-refractivity contribution < 1.29 is 9.18 Å². The number of imidazole rings is 1. The molecular formula is C28H31FN10O. The van der Waals surface area contributed by atoms with Crippen molar-refractivity contribution in [1.82, 2.24) is 40.0 Å². The lowest BCUT2D eigenvalue weighted by atomic mass is 9.92. The fraction of sp³-hybridized carbons (Fsp3) is 0.357. The third-order valence-corrected chi connectivity index (χ3v) is 6.94.